The zero-order valence-electron chi connectivity index (χ0n) is 16.9. The van der Waals surface area contributed by atoms with E-state index >= 15 is 0 Å². The Bertz CT molecular complexity index is 262. The Labute approximate surface area is 157 Å². The zero-order valence-corrected chi connectivity index (χ0v) is 16.9. The number of rotatable bonds is 0. The highest BCUT2D eigenvalue weighted by Crippen LogP contribution is 2.15. The average Bonchev–Trinajstić information content (AvgIpc) is 2.61. The van der Waals surface area contributed by atoms with Gasteiger partial charge >= 0.3 is 5.97 Å². The van der Waals surface area contributed by atoms with Gasteiger partial charge in [-0.3, -0.25) is 4.79 Å². The molecule has 2 heteroatoms. The molecule has 0 aliphatic carbocycles. The van der Waals surface area contributed by atoms with Crippen molar-refractivity contribution in [1.82, 2.24) is 0 Å². The SMILES string of the molecule is O=C1CCCCCCCCCCCCCCCCCCCCCCO1. The second-order valence-electron chi connectivity index (χ2n) is 8.04. The van der Waals surface area contributed by atoms with E-state index in [4.69, 9.17) is 4.74 Å². The van der Waals surface area contributed by atoms with E-state index in [0.29, 0.717) is 13.0 Å². The van der Waals surface area contributed by atoms with Crippen molar-refractivity contribution in [2.75, 3.05) is 6.61 Å². The smallest absolute Gasteiger partial charge is 0.305 e. The van der Waals surface area contributed by atoms with Gasteiger partial charge in [0.15, 0.2) is 0 Å². The number of esters is 1. The highest BCUT2D eigenvalue weighted by atomic mass is 16.5. The molecule has 0 unspecified atom stereocenters. The summed E-state index contributed by atoms with van der Waals surface area (Å²) in [7, 11) is 0. The fourth-order valence-electron chi connectivity index (χ4n) is 3.81. The number of hydrogen-bond acceptors (Lipinski definition) is 2. The summed E-state index contributed by atoms with van der Waals surface area (Å²) in [6.07, 6.45) is 27.5. The van der Waals surface area contributed by atoms with E-state index in [-0.39, 0.29) is 5.97 Å². The van der Waals surface area contributed by atoms with Crippen molar-refractivity contribution in [3.8, 4) is 0 Å². The first-order chi connectivity index (χ1) is 12.4. The summed E-state index contributed by atoms with van der Waals surface area (Å²) in [4.78, 5) is 11.7. The van der Waals surface area contributed by atoms with Gasteiger partial charge in [0.1, 0.15) is 0 Å². The molecule has 0 aromatic rings. The lowest BCUT2D eigenvalue weighted by Gasteiger charge is -2.06. The maximum absolute atomic E-state index is 11.7. The molecule has 25 heavy (non-hydrogen) atoms. The van der Waals surface area contributed by atoms with Crippen LogP contribution in [0.3, 0.4) is 0 Å². The Hall–Kier alpha value is -0.530. The molecule has 0 amide bonds. The fourth-order valence-corrected chi connectivity index (χ4v) is 3.81. The molecule has 0 bridgehead atoms. The van der Waals surface area contributed by atoms with Crippen LogP contribution in [-0.4, -0.2) is 12.6 Å². The maximum atomic E-state index is 11.7. The molecule has 1 heterocycles. The molecule has 1 saturated heterocycles. The first-order valence-electron chi connectivity index (χ1n) is 11.6. The maximum Gasteiger partial charge on any atom is 0.305 e. The van der Waals surface area contributed by atoms with Crippen molar-refractivity contribution in [2.24, 2.45) is 0 Å². The summed E-state index contributed by atoms with van der Waals surface area (Å²) < 4.78 is 5.34. The topological polar surface area (TPSA) is 26.3 Å². The van der Waals surface area contributed by atoms with Gasteiger partial charge in [0.05, 0.1) is 6.61 Å². The molecule has 1 fully saturated rings. The van der Waals surface area contributed by atoms with E-state index in [1.807, 2.05) is 0 Å². The van der Waals surface area contributed by atoms with E-state index in [1.165, 1.54) is 116 Å². The molecule has 148 valence electrons. The van der Waals surface area contributed by atoms with Crippen molar-refractivity contribution in [1.29, 1.82) is 0 Å². The highest BCUT2D eigenvalue weighted by molar-refractivity contribution is 5.69. The minimum atomic E-state index is 0.0226. The van der Waals surface area contributed by atoms with Crippen LogP contribution in [0.4, 0.5) is 0 Å². The number of carbonyl (C=O) groups excluding carboxylic acids is 1. The Morgan fingerprint density at radius 1 is 0.400 bits per heavy atom. The van der Waals surface area contributed by atoms with Gasteiger partial charge in [0, 0.05) is 6.42 Å². The summed E-state index contributed by atoms with van der Waals surface area (Å²) in [6.45, 7) is 0.638. The van der Waals surface area contributed by atoms with Crippen molar-refractivity contribution in [3.05, 3.63) is 0 Å². The van der Waals surface area contributed by atoms with Crippen LogP contribution in [0.1, 0.15) is 135 Å². The molecular weight excluding hydrogens is 308 g/mol. The largest absolute Gasteiger partial charge is 0.466 e. The molecule has 0 saturated carbocycles. The second kappa shape index (κ2) is 18.3. The first-order valence-corrected chi connectivity index (χ1v) is 11.6. The molecular formula is C23H44O2. The minimum absolute atomic E-state index is 0.0226. The lowest BCUT2D eigenvalue weighted by molar-refractivity contribution is -0.143. The molecule has 1 rings (SSSR count). The molecule has 2 nitrogen and oxygen atoms in total. The Morgan fingerprint density at radius 3 is 1.04 bits per heavy atom. The van der Waals surface area contributed by atoms with Crippen LogP contribution in [0, 0.1) is 0 Å². The van der Waals surface area contributed by atoms with Gasteiger partial charge in [-0.05, 0) is 12.8 Å². The molecule has 0 N–H and O–H groups in total. The van der Waals surface area contributed by atoms with E-state index < -0.39 is 0 Å². The van der Waals surface area contributed by atoms with Crippen LogP contribution in [0.25, 0.3) is 0 Å². The summed E-state index contributed by atoms with van der Waals surface area (Å²) in [5, 5.41) is 0. The van der Waals surface area contributed by atoms with E-state index in [1.54, 1.807) is 0 Å². The number of hydrogen-bond donors (Lipinski definition) is 0. The summed E-state index contributed by atoms with van der Waals surface area (Å²) in [5.74, 6) is 0.0226. The molecule has 1 aliphatic rings. The fraction of sp³-hybridized carbons (Fsp3) is 0.957. The van der Waals surface area contributed by atoms with Gasteiger partial charge in [-0.1, -0.05) is 116 Å². The van der Waals surface area contributed by atoms with Crippen LogP contribution >= 0.6 is 0 Å². The van der Waals surface area contributed by atoms with Gasteiger partial charge in [-0.25, -0.2) is 0 Å². The quantitative estimate of drug-likeness (QED) is 0.417. The van der Waals surface area contributed by atoms with Crippen molar-refractivity contribution in [2.45, 2.75) is 135 Å². The van der Waals surface area contributed by atoms with Crippen molar-refractivity contribution in [3.63, 3.8) is 0 Å². The molecule has 0 aromatic heterocycles. The van der Waals surface area contributed by atoms with Crippen LogP contribution < -0.4 is 0 Å². The lowest BCUT2D eigenvalue weighted by Crippen LogP contribution is -2.05. The Morgan fingerprint density at radius 2 is 0.680 bits per heavy atom. The predicted molar refractivity (Wildman–Crippen MR) is 108 cm³/mol. The zero-order chi connectivity index (χ0) is 17.8. The van der Waals surface area contributed by atoms with Gasteiger partial charge in [-0.15, -0.1) is 0 Å². The predicted octanol–water partition coefficient (Wildman–Crippen LogP) is 7.74. The summed E-state index contributed by atoms with van der Waals surface area (Å²) in [6, 6.07) is 0. The summed E-state index contributed by atoms with van der Waals surface area (Å²) in [5.41, 5.74) is 0. The number of cyclic esters (lactones) is 1. The standard InChI is InChI=1S/C23H44O2/c24-23-21-19-17-15-13-11-9-7-5-3-1-2-4-6-8-10-12-14-16-18-20-22-25-23/h1-22H2. The number of ether oxygens (including phenoxy) is 1. The van der Waals surface area contributed by atoms with E-state index in [0.717, 1.165) is 12.8 Å². The molecule has 0 atom stereocenters. The van der Waals surface area contributed by atoms with Gasteiger partial charge in [0.25, 0.3) is 0 Å². The van der Waals surface area contributed by atoms with E-state index in [9.17, 15) is 4.79 Å². The van der Waals surface area contributed by atoms with Crippen LogP contribution in [0.5, 0.6) is 0 Å². The second-order valence-corrected chi connectivity index (χ2v) is 8.04. The van der Waals surface area contributed by atoms with Gasteiger partial charge in [-0.2, -0.15) is 0 Å². The van der Waals surface area contributed by atoms with Crippen LogP contribution in [0.2, 0.25) is 0 Å². The van der Waals surface area contributed by atoms with Crippen LogP contribution in [-0.2, 0) is 9.53 Å². The molecule has 0 aromatic carbocycles. The Balaban J connectivity index is 2.08. The van der Waals surface area contributed by atoms with Crippen LogP contribution in [0.15, 0.2) is 0 Å². The van der Waals surface area contributed by atoms with Crippen molar-refractivity contribution >= 4 is 5.97 Å². The average molecular weight is 353 g/mol. The molecule has 0 radical (unpaired) electrons. The summed E-state index contributed by atoms with van der Waals surface area (Å²) >= 11 is 0. The Kier molecular flexibility index (Phi) is 16.4. The van der Waals surface area contributed by atoms with Gasteiger partial charge < -0.3 is 4.74 Å². The lowest BCUT2D eigenvalue weighted by atomic mass is 10.0. The third-order valence-electron chi connectivity index (χ3n) is 5.54. The third kappa shape index (κ3) is 16.7. The highest BCUT2D eigenvalue weighted by Gasteiger charge is 2.02. The first kappa shape index (κ1) is 22.5. The van der Waals surface area contributed by atoms with Crippen molar-refractivity contribution < 1.29 is 9.53 Å². The number of carbonyl (C=O) groups is 1. The molecule has 1 aliphatic heterocycles. The monoisotopic (exact) mass is 352 g/mol. The molecule has 0 spiro atoms. The van der Waals surface area contributed by atoms with Gasteiger partial charge in [0.2, 0.25) is 0 Å². The van der Waals surface area contributed by atoms with E-state index in [2.05, 4.69) is 0 Å². The third-order valence-corrected chi connectivity index (χ3v) is 5.54. The normalized spacial score (nSPS) is 23.3. The minimum Gasteiger partial charge on any atom is -0.466 e.